The molecule has 0 spiro atoms. The Morgan fingerprint density at radius 1 is 1.24 bits per heavy atom. The van der Waals surface area contributed by atoms with Crippen LogP contribution in [0.5, 0.6) is 0 Å². The van der Waals surface area contributed by atoms with Gasteiger partial charge in [-0.15, -0.1) is 11.3 Å². The van der Waals surface area contributed by atoms with Crippen LogP contribution in [0.25, 0.3) is 10.4 Å². The summed E-state index contributed by atoms with van der Waals surface area (Å²) in [7, 11) is 0. The molecule has 8 nitrogen and oxygen atoms in total. The molecule has 0 bridgehead atoms. The number of thiazole rings is 1. The predicted molar refractivity (Wildman–Crippen MR) is 143 cm³/mol. The molecule has 1 saturated heterocycles. The molecule has 1 aliphatic carbocycles. The molecule has 2 aromatic rings. The van der Waals surface area contributed by atoms with Gasteiger partial charge in [0.15, 0.2) is 5.67 Å². The molecular weight excluding hydrogens is 515 g/mol. The number of hydrogen-bond donors (Lipinski definition) is 4. The molecule has 3 amide bonds. The lowest BCUT2D eigenvalue weighted by Crippen LogP contribution is -2.60. The highest BCUT2D eigenvalue weighted by atomic mass is 32.1. The number of carbonyl (C=O) groups excluding carboxylic acids is 3. The molecule has 0 radical (unpaired) electrons. The topological polar surface area (TPSA) is 112 Å². The van der Waals surface area contributed by atoms with Gasteiger partial charge in [-0.1, -0.05) is 24.3 Å². The van der Waals surface area contributed by atoms with Gasteiger partial charge in [-0.05, 0) is 51.7 Å². The minimum absolute atomic E-state index is 0.0641. The van der Waals surface area contributed by atoms with Crippen molar-refractivity contribution in [3.63, 3.8) is 0 Å². The largest absolute Gasteiger partial charge is 0.391 e. The second-order valence-electron chi connectivity index (χ2n) is 10.5. The van der Waals surface area contributed by atoms with Crippen LogP contribution >= 0.6 is 24.0 Å². The van der Waals surface area contributed by atoms with Crippen LogP contribution < -0.4 is 10.6 Å². The number of aliphatic hydroxyl groups excluding tert-OH is 1. The number of aromatic nitrogens is 1. The van der Waals surface area contributed by atoms with Crippen molar-refractivity contribution >= 4 is 41.7 Å². The van der Waals surface area contributed by atoms with Crippen molar-refractivity contribution < 1.29 is 23.9 Å². The zero-order chi connectivity index (χ0) is 27.1. The van der Waals surface area contributed by atoms with E-state index < -0.39 is 46.3 Å². The lowest BCUT2D eigenvalue weighted by atomic mass is 10.00. The molecule has 200 valence electrons. The number of nitrogens with one attached hydrogen (secondary N) is 2. The third kappa shape index (κ3) is 5.99. The number of likely N-dealkylation sites (tertiary alicyclic amines) is 1. The smallest absolute Gasteiger partial charge is 0.258 e. The van der Waals surface area contributed by atoms with Crippen LogP contribution in [0.4, 0.5) is 4.39 Å². The number of benzene rings is 1. The number of halogens is 1. The first-order valence-corrected chi connectivity index (χ1v) is 13.6. The van der Waals surface area contributed by atoms with E-state index in [4.69, 9.17) is 0 Å². The number of amides is 3. The minimum atomic E-state index is -1.96. The quantitative estimate of drug-likeness (QED) is 0.379. The Morgan fingerprint density at radius 2 is 1.89 bits per heavy atom. The van der Waals surface area contributed by atoms with Crippen LogP contribution in [0.3, 0.4) is 0 Å². The van der Waals surface area contributed by atoms with Gasteiger partial charge >= 0.3 is 0 Å². The SMILES string of the molecule is Cc1ncsc1-c1ccc([C@H](C)NC(=O)[C@@H]2C[C@@H](O)CN2C(=O)[C@@H](NC(=O)C2(F)CC2)C(C)(C)S)cc1. The summed E-state index contributed by atoms with van der Waals surface area (Å²) in [5.41, 5.74) is 2.73. The minimum Gasteiger partial charge on any atom is -0.391 e. The molecule has 11 heteroatoms. The molecule has 2 aliphatic rings. The van der Waals surface area contributed by atoms with Crippen LogP contribution in [0.2, 0.25) is 0 Å². The van der Waals surface area contributed by atoms with Crippen LogP contribution in [-0.2, 0) is 14.4 Å². The van der Waals surface area contributed by atoms with Crippen LogP contribution in [0.1, 0.15) is 57.3 Å². The Hall–Kier alpha value is -2.50. The monoisotopic (exact) mass is 548 g/mol. The zero-order valence-corrected chi connectivity index (χ0v) is 23.0. The average molecular weight is 549 g/mol. The fourth-order valence-corrected chi connectivity index (χ4v) is 5.49. The maximum atomic E-state index is 14.3. The highest BCUT2D eigenvalue weighted by Crippen LogP contribution is 2.40. The number of rotatable bonds is 8. The van der Waals surface area contributed by atoms with Gasteiger partial charge in [0.1, 0.15) is 12.1 Å². The Balaban J connectivity index is 1.46. The molecule has 1 aliphatic heterocycles. The van der Waals surface area contributed by atoms with E-state index in [0.717, 1.165) is 21.7 Å². The third-order valence-electron chi connectivity index (χ3n) is 6.97. The molecule has 37 heavy (non-hydrogen) atoms. The maximum Gasteiger partial charge on any atom is 0.258 e. The highest BCUT2D eigenvalue weighted by molar-refractivity contribution is 7.81. The van der Waals surface area contributed by atoms with Crippen molar-refractivity contribution in [1.82, 2.24) is 20.5 Å². The number of alkyl halides is 1. The van der Waals surface area contributed by atoms with Gasteiger partial charge in [0.2, 0.25) is 11.8 Å². The van der Waals surface area contributed by atoms with E-state index in [2.05, 4.69) is 28.2 Å². The fraction of sp³-hybridized carbons (Fsp3) is 0.538. The highest BCUT2D eigenvalue weighted by Gasteiger charge is 2.53. The Bertz CT molecular complexity index is 1180. The number of β-amino-alcohol motifs (C(OH)–C–C–N with tert-alkyl or cyclic N) is 1. The van der Waals surface area contributed by atoms with E-state index >= 15 is 0 Å². The second kappa shape index (κ2) is 10.3. The van der Waals surface area contributed by atoms with Crippen LogP contribution in [0, 0.1) is 6.92 Å². The van der Waals surface area contributed by atoms with E-state index in [0.29, 0.717) is 0 Å². The summed E-state index contributed by atoms with van der Waals surface area (Å²) >= 11 is 6.03. The summed E-state index contributed by atoms with van der Waals surface area (Å²) in [6.07, 6.45) is -0.604. The van der Waals surface area contributed by atoms with Gasteiger partial charge < -0.3 is 20.6 Å². The van der Waals surface area contributed by atoms with E-state index in [1.807, 2.05) is 38.1 Å². The first-order chi connectivity index (χ1) is 17.3. The van der Waals surface area contributed by atoms with E-state index in [9.17, 15) is 23.9 Å². The summed E-state index contributed by atoms with van der Waals surface area (Å²) in [6, 6.07) is 5.38. The molecular formula is C26H33FN4O4S2. The standard InChI is InChI=1S/C26H33FN4O4S2/c1-14(16-5-7-17(8-6-16)20-15(2)28-13-37-20)29-22(33)19-11-18(32)12-31(19)23(34)21(25(3,4)36)30-24(35)26(27)9-10-26/h5-8,13-14,18-19,21,32,36H,9-12H2,1-4H3,(H,29,33)(H,30,35)/t14-,18+,19-,21+/m0/s1. The van der Waals surface area contributed by atoms with Gasteiger partial charge in [0.05, 0.1) is 28.2 Å². The van der Waals surface area contributed by atoms with Crippen LogP contribution in [-0.4, -0.2) is 67.9 Å². The van der Waals surface area contributed by atoms with Gasteiger partial charge in [-0.3, -0.25) is 14.4 Å². The van der Waals surface area contributed by atoms with Crippen molar-refractivity contribution in [2.24, 2.45) is 0 Å². The summed E-state index contributed by atoms with van der Waals surface area (Å²) < 4.78 is 13.3. The van der Waals surface area contributed by atoms with Crippen molar-refractivity contribution in [2.75, 3.05) is 6.54 Å². The van der Waals surface area contributed by atoms with E-state index in [-0.39, 0.29) is 31.8 Å². The lowest BCUT2D eigenvalue weighted by molar-refractivity contribution is -0.143. The number of hydrogen-bond acceptors (Lipinski definition) is 7. The van der Waals surface area contributed by atoms with E-state index in [1.165, 1.54) is 4.90 Å². The summed E-state index contributed by atoms with van der Waals surface area (Å²) in [6.45, 7) is 7.01. The average Bonchev–Trinajstić information content (AvgIpc) is 3.25. The van der Waals surface area contributed by atoms with E-state index in [1.54, 1.807) is 30.7 Å². The number of carbonyl (C=O) groups is 3. The Labute approximate surface area is 225 Å². The van der Waals surface area contributed by atoms with Crippen molar-refractivity contribution in [1.29, 1.82) is 0 Å². The molecule has 2 heterocycles. The molecule has 0 unspecified atom stereocenters. The van der Waals surface area contributed by atoms with Gasteiger partial charge in [0, 0.05) is 17.7 Å². The summed E-state index contributed by atoms with van der Waals surface area (Å²) in [5.74, 6) is -1.84. The van der Waals surface area contributed by atoms with Crippen molar-refractivity contribution in [3.05, 3.63) is 41.0 Å². The molecule has 4 rings (SSSR count). The molecule has 1 saturated carbocycles. The molecule has 2 fully saturated rings. The summed E-state index contributed by atoms with van der Waals surface area (Å²) in [5, 5.41) is 15.8. The molecule has 1 aromatic carbocycles. The van der Waals surface area contributed by atoms with Gasteiger partial charge in [-0.2, -0.15) is 12.6 Å². The molecule has 4 atom stereocenters. The number of aliphatic hydroxyl groups is 1. The van der Waals surface area contributed by atoms with Gasteiger partial charge in [0.25, 0.3) is 5.91 Å². The van der Waals surface area contributed by atoms with Crippen molar-refractivity contribution in [3.8, 4) is 10.4 Å². The zero-order valence-electron chi connectivity index (χ0n) is 21.3. The number of thiol groups is 1. The molecule has 3 N–H and O–H groups in total. The molecule has 1 aromatic heterocycles. The number of aryl methyl sites for hydroxylation is 1. The van der Waals surface area contributed by atoms with Crippen LogP contribution in [0.15, 0.2) is 29.8 Å². The first-order valence-electron chi connectivity index (χ1n) is 12.3. The first kappa shape index (κ1) is 27.5. The third-order valence-corrected chi connectivity index (χ3v) is 8.20. The van der Waals surface area contributed by atoms with Crippen molar-refractivity contribution in [2.45, 2.75) is 81.6 Å². The maximum absolute atomic E-state index is 14.3. The fourth-order valence-electron chi connectivity index (χ4n) is 4.50. The second-order valence-corrected chi connectivity index (χ2v) is 12.5. The number of nitrogens with zero attached hydrogens (tertiary/aromatic N) is 2. The lowest BCUT2D eigenvalue weighted by Gasteiger charge is -2.35. The Morgan fingerprint density at radius 3 is 2.43 bits per heavy atom. The Kier molecular flexibility index (Phi) is 7.69. The van der Waals surface area contributed by atoms with Gasteiger partial charge in [-0.25, -0.2) is 9.37 Å². The summed E-state index contributed by atoms with van der Waals surface area (Å²) in [4.78, 5) is 45.8. The normalized spacial score (nSPS) is 22.3. The predicted octanol–water partition coefficient (Wildman–Crippen LogP) is 2.95.